The number of aryl methyl sites for hydroxylation is 1. The molecule has 1 saturated heterocycles. The maximum Gasteiger partial charge on any atom is 0.418 e. The van der Waals surface area contributed by atoms with Crippen LogP contribution < -0.4 is 5.32 Å². The van der Waals surface area contributed by atoms with Gasteiger partial charge in [0.2, 0.25) is 0 Å². The number of alkyl halides is 3. The molecule has 0 radical (unpaired) electrons. The number of nitrogens with one attached hydrogen (secondary N) is 1. The zero-order valence-electron chi connectivity index (χ0n) is 13.2. The van der Waals surface area contributed by atoms with Crippen molar-refractivity contribution < 1.29 is 27.2 Å². The van der Waals surface area contributed by atoms with Gasteiger partial charge in [0.15, 0.2) is 5.82 Å². The first-order valence-corrected chi connectivity index (χ1v) is 7.57. The highest BCUT2D eigenvalue weighted by Gasteiger charge is 2.37. The third-order valence-electron chi connectivity index (χ3n) is 3.90. The fraction of sp³-hybridized carbons (Fsp3) is 0.467. The van der Waals surface area contributed by atoms with Crippen LogP contribution in [0, 0.1) is 12.8 Å². The number of halogens is 3. The Morgan fingerprint density at radius 1 is 1.44 bits per heavy atom. The van der Waals surface area contributed by atoms with E-state index < -0.39 is 29.3 Å². The van der Waals surface area contributed by atoms with Crippen LogP contribution in [0.15, 0.2) is 23.0 Å². The van der Waals surface area contributed by atoms with Crippen molar-refractivity contribution in [1.29, 1.82) is 0 Å². The van der Waals surface area contributed by atoms with Crippen LogP contribution in [-0.4, -0.2) is 34.2 Å². The SMILES string of the molecule is Cc1noc([C@H]2OCC[C@H]2CNC(=O)c2ccncc2C(F)(F)F)n1. The molecule has 2 atom stereocenters. The van der Waals surface area contributed by atoms with Gasteiger partial charge in [-0.25, -0.2) is 0 Å². The zero-order valence-corrected chi connectivity index (χ0v) is 13.2. The Bertz CT molecular complexity index is 762. The van der Waals surface area contributed by atoms with Crippen molar-refractivity contribution in [2.24, 2.45) is 5.92 Å². The van der Waals surface area contributed by atoms with Gasteiger partial charge >= 0.3 is 6.18 Å². The summed E-state index contributed by atoms with van der Waals surface area (Å²) in [5.41, 5.74) is -1.54. The first-order valence-electron chi connectivity index (χ1n) is 7.57. The molecule has 1 amide bonds. The molecule has 7 nitrogen and oxygen atoms in total. The van der Waals surface area contributed by atoms with Crippen LogP contribution in [0.3, 0.4) is 0 Å². The second-order valence-corrected chi connectivity index (χ2v) is 5.65. The Morgan fingerprint density at radius 2 is 2.24 bits per heavy atom. The van der Waals surface area contributed by atoms with Crippen LogP contribution in [-0.2, 0) is 10.9 Å². The van der Waals surface area contributed by atoms with Gasteiger partial charge in [-0.05, 0) is 19.4 Å². The molecule has 1 N–H and O–H groups in total. The van der Waals surface area contributed by atoms with E-state index in [1.165, 1.54) is 0 Å². The van der Waals surface area contributed by atoms with E-state index in [1.54, 1.807) is 6.92 Å². The summed E-state index contributed by atoms with van der Waals surface area (Å²) in [4.78, 5) is 19.7. The van der Waals surface area contributed by atoms with E-state index in [4.69, 9.17) is 9.26 Å². The monoisotopic (exact) mass is 356 g/mol. The van der Waals surface area contributed by atoms with E-state index in [0.29, 0.717) is 30.9 Å². The molecule has 0 bridgehead atoms. The van der Waals surface area contributed by atoms with Gasteiger partial charge in [0.1, 0.15) is 6.10 Å². The molecule has 1 aliphatic heterocycles. The maximum absolute atomic E-state index is 13.0. The minimum absolute atomic E-state index is 0.130. The van der Waals surface area contributed by atoms with Gasteiger partial charge in [-0.3, -0.25) is 9.78 Å². The first kappa shape index (κ1) is 17.3. The van der Waals surface area contributed by atoms with Crippen LogP contribution in [0.4, 0.5) is 13.2 Å². The predicted molar refractivity (Wildman–Crippen MR) is 77.4 cm³/mol. The van der Waals surface area contributed by atoms with Crippen LogP contribution in [0.2, 0.25) is 0 Å². The van der Waals surface area contributed by atoms with Gasteiger partial charge in [0.05, 0.1) is 11.1 Å². The van der Waals surface area contributed by atoms with E-state index in [1.807, 2.05) is 0 Å². The first-order chi connectivity index (χ1) is 11.9. The van der Waals surface area contributed by atoms with Crippen LogP contribution in [0.25, 0.3) is 0 Å². The third kappa shape index (κ3) is 3.78. The lowest BCUT2D eigenvalue weighted by molar-refractivity contribution is -0.138. The lowest BCUT2D eigenvalue weighted by Crippen LogP contribution is -2.32. The third-order valence-corrected chi connectivity index (χ3v) is 3.90. The molecular weight excluding hydrogens is 341 g/mol. The molecule has 0 saturated carbocycles. The average Bonchev–Trinajstić information content (AvgIpc) is 3.20. The largest absolute Gasteiger partial charge is 0.418 e. The summed E-state index contributed by atoms with van der Waals surface area (Å²) in [5, 5.41) is 6.22. The van der Waals surface area contributed by atoms with Gasteiger partial charge < -0.3 is 14.6 Å². The number of hydrogen-bond donors (Lipinski definition) is 1. The normalized spacial score (nSPS) is 20.6. The van der Waals surface area contributed by atoms with Gasteiger partial charge in [-0.2, -0.15) is 18.2 Å². The lowest BCUT2D eigenvalue weighted by Gasteiger charge is -2.17. The summed E-state index contributed by atoms with van der Waals surface area (Å²) in [6.45, 7) is 2.24. The average molecular weight is 356 g/mol. The molecule has 3 heterocycles. The topological polar surface area (TPSA) is 90.1 Å². The number of carbonyl (C=O) groups is 1. The summed E-state index contributed by atoms with van der Waals surface area (Å²) in [5.74, 6) is -0.226. The highest BCUT2D eigenvalue weighted by Crippen LogP contribution is 2.34. The number of nitrogens with zero attached hydrogens (tertiary/aromatic N) is 3. The molecule has 2 aromatic heterocycles. The van der Waals surface area contributed by atoms with Crippen LogP contribution in [0.1, 0.15) is 40.2 Å². The van der Waals surface area contributed by atoms with E-state index >= 15 is 0 Å². The summed E-state index contributed by atoms with van der Waals surface area (Å²) < 4.78 is 49.5. The summed E-state index contributed by atoms with van der Waals surface area (Å²) >= 11 is 0. The molecule has 10 heteroatoms. The molecule has 0 aliphatic carbocycles. The maximum atomic E-state index is 13.0. The molecule has 0 aromatic carbocycles. The minimum atomic E-state index is -4.65. The van der Waals surface area contributed by atoms with E-state index in [-0.39, 0.29) is 12.5 Å². The molecule has 1 aliphatic rings. The van der Waals surface area contributed by atoms with Crippen molar-refractivity contribution in [2.45, 2.75) is 25.6 Å². The molecule has 1 fully saturated rings. The highest BCUT2D eigenvalue weighted by atomic mass is 19.4. The van der Waals surface area contributed by atoms with Crippen LogP contribution >= 0.6 is 0 Å². The fourth-order valence-corrected chi connectivity index (χ4v) is 2.68. The predicted octanol–water partition coefficient (Wildman–Crippen LogP) is 2.30. The fourth-order valence-electron chi connectivity index (χ4n) is 2.68. The summed E-state index contributed by atoms with van der Waals surface area (Å²) in [6, 6.07) is 1.04. The zero-order chi connectivity index (χ0) is 18.0. The number of amides is 1. The van der Waals surface area contributed by atoms with Crippen molar-refractivity contribution in [3.63, 3.8) is 0 Å². The second kappa shape index (κ2) is 6.79. The van der Waals surface area contributed by atoms with Crippen LogP contribution in [0.5, 0.6) is 0 Å². The van der Waals surface area contributed by atoms with Crippen molar-refractivity contribution in [3.05, 3.63) is 41.3 Å². The van der Waals surface area contributed by atoms with Crippen molar-refractivity contribution in [1.82, 2.24) is 20.4 Å². The summed E-state index contributed by atoms with van der Waals surface area (Å²) in [6.07, 6.45) is -2.73. The van der Waals surface area contributed by atoms with E-state index in [0.717, 1.165) is 12.3 Å². The Labute approximate surface area is 140 Å². The Kier molecular flexibility index (Phi) is 4.71. The number of hydrogen-bond acceptors (Lipinski definition) is 6. The van der Waals surface area contributed by atoms with Gasteiger partial charge in [-0.1, -0.05) is 5.16 Å². The number of rotatable bonds is 4. The van der Waals surface area contributed by atoms with Gasteiger partial charge in [-0.15, -0.1) is 0 Å². The molecule has 3 rings (SSSR count). The Hall–Kier alpha value is -2.49. The number of ether oxygens (including phenoxy) is 1. The van der Waals surface area contributed by atoms with E-state index in [2.05, 4.69) is 20.4 Å². The van der Waals surface area contributed by atoms with E-state index in [9.17, 15) is 18.0 Å². The second-order valence-electron chi connectivity index (χ2n) is 5.65. The van der Waals surface area contributed by atoms with Gasteiger partial charge in [0, 0.05) is 31.5 Å². The number of aromatic nitrogens is 3. The number of carbonyl (C=O) groups excluding carboxylic acids is 1. The minimum Gasteiger partial charge on any atom is -0.368 e. The molecule has 25 heavy (non-hydrogen) atoms. The summed E-state index contributed by atoms with van der Waals surface area (Å²) in [7, 11) is 0. The standard InChI is InChI=1S/C15H15F3N4O3/c1-8-21-14(25-22-8)12-9(3-5-24-12)6-20-13(23)10-2-4-19-7-11(10)15(16,17)18/h2,4,7,9,12H,3,5-6H2,1H3,(H,20,23)/t9-,12-/m0/s1. The van der Waals surface area contributed by atoms with Gasteiger partial charge in [0.25, 0.3) is 11.8 Å². The quantitative estimate of drug-likeness (QED) is 0.904. The molecule has 2 aromatic rings. The lowest BCUT2D eigenvalue weighted by atomic mass is 10.0. The molecule has 134 valence electrons. The molecule has 0 spiro atoms. The number of pyridine rings is 1. The highest BCUT2D eigenvalue weighted by molar-refractivity contribution is 5.95. The van der Waals surface area contributed by atoms with Crippen molar-refractivity contribution in [2.75, 3.05) is 13.2 Å². The smallest absolute Gasteiger partial charge is 0.368 e. The molecular formula is C15H15F3N4O3. The van der Waals surface area contributed by atoms with Crippen molar-refractivity contribution in [3.8, 4) is 0 Å². The Morgan fingerprint density at radius 3 is 2.92 bits per heavy atom. The molecule has 0 unspecified atom stereocenters. The van der Waals surface area contributed by atoms with Crippen molar-refractivity contribution >= 4 is 5.91 Å². The Balaban J connectivity index is 1.68.